The standard InChI is InChI=1S/C36H38Cl2N6O4/c1-47-35-23(15-39-19-25-9-11-31(45)43-25)13-21(17-41-35)27-5-3-7-29(33(27)37)30-8-4-6-28(34(30)38)22-14-24(36(48-2)42-18-22)16-40-20-26-10-12-32(46)44-26/h3-8,13-14,17-18,25-26,39-40H,9-12,15-16,19-20H2,1-2H3,(H,43,45)(H,44,46)/t25-,26-/m0/s1. The molecular weight excluding hydrogens is 651 g/mol. The zero-order chi connectivity index (χ0) is 33.6. The number of carbonyl (C=O) groups is 2. The van der Waals surface area contributed by atoms with Gasteiger partial charge in [0.1, 0.15) is 0 Å². The molecular formula is C36H38Cl2N6O4. The monoisotopic (exact) mass is 688 g/mol. The number of ether oxygens (including phenoxy) is 2. The minimum Gasteiger partial charge on any atom is -0.481 e. The molecule has 2 saturated heterocycles. The maximum atomic E-state index is 11.6. The van der Waals surface area contributed by atoms with Crippen molar-refractivity contribution < 1.29 is 19.1 Å². The van der Waals surface area contributed by atoms with Gasteiger partial charge in [-0.3, -0.25) is 9.59 Å². The molecule has 0 spiro atoms. The lowest BCUT2D eigenvalue weighted by atomic mass is 9.96. The van der Waals surface area contributed by atoms with E-state index in [2.05, 4.69) is 31.2 Å². The predicted octanol–water partition coefficient (Wildman–Crippen LogP) is 5.54. The fourth-order valence-electron chi connectivity index (χ4n) is 6.26. The fourth-order valence-corrected chi connectivity index (χ4v) is 6.93. The van der Waals surface area contributed by atoms with Gasteiger partial charge in [0.25, 0.3) is 0 Å². The topological polar surface area (TPSA) is 126 Å². The van der Waals surface area contributed by atoms with Crippen LogP contribution < -0.4 is 30.7 Å². The van der Waals surface area contributed by atoms with E-state index < -0.39 is 0 Å². The van der Waals surface area contributed by atoms with Gasteiger partial charge in [-0.05, 0) is 25.0 Å². The first kappa shape index (κ1) is 33.7. The quantitative estimate of drug-likeness (QED) is 0.144. The highest BCUT2D eigenvalue weighted by Gasteiger charge is 2.22. The lowest BCUT2D eigenvalue weighted by Crippen LogP contribution is -2.35. The van der Waals surface area contributed by atoms with E-state index in [1.54, 1.807) is 26.6 Å². The maximum absolute atomic E-state index is 11.6. The van der Waals surface area contributed by atoms with Gasteiger partial charge in [0.15, 0.2) is 0 Å². The average Bonchev–Trinajstić information content (AvgIpc) is 3.71. The summed E-state index contributed by atoms with van der Waals surface area (Å²) in [5, 5.41) is 13.9. The lowest BCUT2D eigenvalue weighted by Gasteiger charge is -2.17. The zero-order valence-electron chi connectivity index (χ0n) is 26.9. The van der Waals surface area contributed by atoms with Crippen molar-refractivity contribution in [1.82, 2.24) is 31.2 Å². The van der Waals surface area contributed by atoms with Crippen LogP contribution in [0, 0.1) is 0 Å². The second kappa shape index (κ2) is 15.3. The van der Waals surface area contributed by atoms with Gasteiger partial charge in [0.2, 0.25) is 23.6 Å². The second-order valence-corrected chi connectivity index (χ2v) is 12.7. The molecule has 0 saturated carbocycles. The molecule has 0 radical (unpaired) electrons. The summed E-state index contributed by atoms with van der Waals surface area (Å²) in [4.78, 5) is 32.3. The first-order valence-electron chi connectivity index (χ1n) is 16.0. The van der Waals surface area contributed by atoms with E-state index in [4.69, 9.17) is 32.7 Å². The van der Waals surface area contributed by atoms with E-state index in [-0.39, 0.29) is 23.9 Å². The van der Waals surface area contributed by atoms with Crippen LogP contribution in [0.25, 0.3) is 33.4 Å². The summed E-state index contributed by atoms with van der Waals surface area (Å²) in [6, 6.07) is 16.0. The number of nitrogens with one attached hydrogen (secondary N) is 4. The molecule has 2 aromatic heterocycles. The smallest absolute Gasteiger partial charge is 0.220 e. The number of nitrogens with zero attached hydrogens (tertiary/aromatic N) is 2. The first-order valence-corrected chi connectivity index (χ1v) is 16.7. The SMILES string of the molecule is COc1ncc(-c2cccc(-c3cccc(-c4cnc(OC)c(CNC[C@@H]5CCC(=O)N5)c4)c3Cl)c2Cl)cc1CNC[C@@H]1CCC(=O)N1. The van der Waals surface area contributed by atoms with Crippen molar-refractivity contribution in [3.63, 3.8) is 0 Å². The van der Waals surface area contributed by atoms with Gasteiger partial charge in [-0.15, -0.1) is 0 Å². The van der Waals surface area contributed by atoms with Crippen LogP contribution in [0.1, 0.15) is 36.8 Å². The number of methoxy groups -OCH3 is 2. The summed E-state index contributed by atoms with van der Waals surface area (Å²) >= 11 is 14.3. The Morgan fingerprint density at radius 1 is 0.708 bits per heavy atom. The highest BCUT2D eigenvalue weighted by molar-refractivity contribution is 6.39. The van der Waals surface area contributed by atoms with E-state index in [1.807, 2.05) is 48.5 Å². The van der Waals surface area contributed by atoms with Crippen LogP contribution in [0.15, 0.2) is 60.9 Å². The lowest BCUT2D eigenvalue weighted by molar-refractivity contribution is -0.120. The van der Waals surface area contributed by atoms with E-state index in [0.717, 1.165) is 57.3 Å². The Kier molecular flexibility index (Phi) is 10.8. The summed E-state index contributed by atoms with van der Waals surface area (Å²) in [5.74, 6) is 1.23. The minimum atomic E-state index is 0.0918. The third kappa shape index (κ3) is 7.57. The van der Waals surface area contributed by atoms with Crippen LogP contribution in [-0.2, 0) is 22.7 Å². The molecule has 4 N–H and O–H groups in total. The van der Waals surface area contributed by atoms with Gasteiger partial charge in [0.05, 0.1) is 24.3 Å². The van der Waals surface area contributed by atoms with Crippen LogP contribution in [0.4, 0.5) is 0 Å². The summed E-state index contributed by atoms with van der Waals surface area (Å²) in [6.07, 6.45) is 6.27. The summed E-state index contributed by atoms with van der Waals surface area (Å²) in [7, 11) is 3.19. The molecule has 4 aromatic rings. The number of hydrogen-bond acceptors (Lipinski definition) is 8. The van der Waals surface area contributed by atoms with Crippen molar-refractivity contribution in [3.8, 4) is 45.1 Å². The van der Waals surface area contributed by atoms with Crippen LogP contribution in [0.2, 0.25) is 10.0 Å². The molecule has 4 heterocycles. The number of amides is 2. The minimum absolute atomic E-state index is 0.0918. The van der Waals surface area contributed by atoms with Crippen LogP contribution >= 0.6 is 23.2 Å². The maximum Gasteiger partial charge on any atom is 0.220 e. The van der Waals surface area contributed by atoms with Gasteiger partial charge in [-0.2, -0.15) is 0 Å². The van der Waals surface area contributed by atoms with E-state index in [0.29, 0.717) is 60.8 Å². The van der Waals surface area contributed by atoms with Gasteiger partial charge >= 0.3 is 0 Å². The molecule has 12 heteroatoms. The number of carbonyl (C=O) groups excluding carboxylic acids is 2. The normalized spacial score (nSPS) is 17.3. The zero-order valence-corrected chi connectivity index (χ0v) is 28.4. The highest BCUT2D eigenvalue weighted by Crippen LogP contribution is 2.43. The molecule has 2 aliphatic heterocycles. The number of hydrogen-bond donors (Lipinski definition) is 4. The molecule has 0 bridgehead atoms. The van der Waals surface area contributed by atoms with Crippen molar-refractivity contribution in [2.75, 3.05) is 27.3 Å². The Bertz CT molecular complexity index is 1690. The van der Waals surface area contributed by atoms with Crippen LogP contribution in [-0.4, -0.2) is 61.2 Å². The molecule has 2 aliphatic rings. The molecule has 2 aromatic carbocycles. The number of rotatable bonds is 13. The molecule has 2 amide bonds. The number of benzene rings is 2. The Morgan fingerprint density at radius 2 is 1.12 bits per heavy atom. The van der Waals surface area contributed by atoms with Crippen LogP contribution in [0.5, 0.6) is 11.8 Å². The second-order valence-electron chi connectivity index (χ2n) is 12.0. The molecule has 0 aliphatic carbocycles. The number of halogens is 2. The summed E-state index contributed by atoms with van der Waals surface area (Å²) in [5.41, 5.74) is 6.65. The largest absolute Gasteiger partial charge is 0.481 e. The van der Waals surface area contributed by atoms with Crippen molar-refractivity contribution in [1.29, 1.82) is 0 Å². The first-order chi connectivity index (χ1) is 23.3. The van der Waals surface area contributed by atoms with E-state index in [1.165, 1.54) is 0 Å². The highest BCUT2D eigenvalue weighted by atomic mass is 35.5. The Morgan fingerprint density at radius 3 is 1.50 bits per heavy atom. The molecule has 2 atom stereocenters. The van der Waals surface area contributed by atoms with Gasteiger partial charge < -0.3 is 30.7 Å². The van der Waals surface area contributed by atoms with Gasteiger partial charge in [0, 0.05) is 108 Å². The molecule has 0 unspecified atom stereocenters. The number of aromatic nitrogens is 2. The molecule has 6 rings (SSSR count). The third-order valence-electron chi connectivity index (χ3n) is 8.73. The van der Waals surface area contributed by atoms with Crippen molar-refractivity contribution in [2.24, 2.45) is 0 Å². The van der Waals surface area contributed by atoms with E-state index in [9.17, 15) is 9.59 Å². The molecule has 2 fully saturated rings. The molecule has 48 heavy (non-hydrogen) atoms. The summed E-state index contributed by atoms with van der Waals surface area (Å²) < 4.78 is 11.1. The predicted molar refractivity (Wildman–Crippen MR) is 187 cm³/mol. The summed E-state index contributed by atoms with van der Waals surface area (Å²) in [6.45, 7) is 2.36. The van der Waals surface area contributed by atoms with Gasteiger partial charge in [-0.25, -0.2) is 9.97 Å². The van der Waals surface area contributed by atoms with Gasteiger partial charge in [-0.1, -0.05) is 59.6 Å². The Hall–Kier alpha value is -4.22. The molecule has 250 valence electrons. The van der Waals surface area contributed by atoms with Crippen molar-refractivity contribution in [3.05, 3.63) is 82.1 Å². The Labute approximate surface area is 289 Å². The van der Waals surface area contributed by atoms with Crippen LogP contribution in [0.3, 0.4) is 0 Å². The third-order valence-corrected chi connectivity index (χ3v) is 9.54. The van der Waals surface area contributed by atoms with Crippen molar-refractivity contribution in [2.45, 2.75) is 50.9 Å². The average molecular weight is 690 g/mol. The van der Waals surface area contributed by atoms with Crippen molar-refractivity contribution >= 4 is 35.0 Å². The fraction of sp³-hybridized carbons (Fsp3) is 0.333. The van der Waals surface area contributed by atoms with E-state index >= 15 is 0 Å². The molecule has 10 nitrogen and oxygen atoms in total. The Balaban J connectivity index is 1.24. The number of pyridine rings is 2.